The van der Waals surface area contributed by atoms with Gasteiger partial charge in [0.2, 0.25) is 10.0 Å². The van der Waals surface area contributed by atoms with Crippen LogP contribution in [0.4, 0.5) is 0 Å². The zero-order valence-electron chi connectivity index (χ0n) is 12.9. The average Bonchev–Trinajstić information content (AvgIpc) is 2.45. The third-order valence-corrected chi connectivity index (χ3v) is 5.64. The Kier molecular flexibility index (Phi) is 5.79. The van der Waals surface area contributed by atoms with Gasteiger partial charge in [0.15, 0.2) is 0 Å². The maximum absolute atomic E-state index is 12.4. The first-order valence-corrected chi connectivity index (χ1v) is 9.29. The largest absolute Gasteiger partial charge is 0.372 e. The van der Waals surface area contributed by atoms with Crippen LogP contribution in [0.2, 0.25) is 0 Å². The van der Waals surface area contributed by atoms with Crippen LogP contribution in [-0.4, -0.2) is 43.8 Å². The van der Waals surface area contributed by atoms with Crippen molar-refractivity contribution in [1.82, 2.24) is 4.31 Å². The van der Waals surface area contributed by atoms with Gasteiger partial charge in [-0.05, 0) is 25.3 Å². The molecule has 0 aromatic heterocycles. The van der Waals surface area contributed by atoms with Gasteiger partial charge >= 0.3 is 0 Å². The van der Waals surface area contributed by atoms with E-state index in [9.17, 15) is 8.42 Å². The molecular formula is C16H25NO3S. The van der Waals surface area contributed by atoms with E-state index >= 15 is 0 Å². The van der Waals surface area contributed by atoms with Crippen LogP contribution < -0.4 is 0 Å². The summed E-state index contributed by atoms with van der Waals surface area (Å²) in [4.78, 5) is 0. The maximum atomic E-state index is 12.4. The van der Waals surface area contributed by atoms with Crippen LogP contribution >= 0.6 is 0 Å². The Labute approximate surface area is 128 Å². The van der Waals surface area contributed by atoms with Crippen LogP contribution in [0.25, 0.3) is 0 Å². The van der Waals surface area contributed by atoms with Crippen molar-refractivity contribution in [3.8, 4) is 0 Å². The van der Waals surface area contributed by atoms with Crippen molar-refractivity contribution in [2.75, 3.05) is 18.8 Å². The van der Waals surface area contributed by atoms with E-state index < -0.39 is 10.0 Å². The predicted molar refractivity (Wildman–Crippen MR) is 84.7 cm³/mol. The van der Waals surface area contributed by atoms with E-state index in [-0.39, 0.29) is 18.0 Å². The van der Waals surface area contributed by atoms with Gasteiger partial charge in [-0.25, -0.2) is 8.42 Å². The summed E-state index contributed by atoms with van der Waals surface area (Å²) in [5.41, 5.74) is 1.18. The Bertz CT molecular complexity index is 530. The summed E-state index contributed by atoms with van der Waals surface area (Å²) in [5.74, 6) is 0.244. The highest BCUT2D eigenvalue weighted by molar-refractivity contribution is 7.89. The monoisotopic (exact) mass is 311 g/mol. The van der Waals surface area contributed by atoms with Crippen molar-refractivity contribution in [3.63, 3.8) is 0 Å². The molecule has 0 saturated carbocycles. The number of rotatable bonds is 6. The maximum Gasteiger partial charge on any atom is 0.214 e. The summed E-state index contributed by atoms with van der Waals surface area (Å²) in [6.45, 7) is 4.89. The van der Waals surface area contributed by atoms with E-state index in [1.54, 1.807) is 4.31 Å². The molecule has 1 aromatic carbocycles. The molecule has 0 aliphatic carbocycles. The van der Waals surface area contributed by atoms with Crippen LogP contribution in [0, 0.1) is 0 Å². The quantitative estimate of drug-likeness (QED) is 0.811. The normalized spacial score (nSPS) is 24.1. The highest BCUT2D eigenvalue weighted by atomic mass is 32.2. The molecule has 0 radical (unpaired) electrons. The van der Waals surface area contributed by atoms with Gasteiger partial charge in [0.1, 0.15) is 0 Å². The summed E-state index contributed by atoms with van der Waals surface area (Å²) in [6.07, 6.45) is 2.26. The highest BCUT2D eigenvalue weighted by Gasteiger charge is 2.32. The summed E-state index contributed by atoms with van der Waals surface area (Å²) in [7, 11) is -3.15. The molecule has 1 aromatic rings. The van der Waals surface area contributed by atoms with E-state index in [1.165, 1.54) is 5.56 Å². The van der Waals surface area contributed by atoms with Crippen LogP contribution in [0.15, 0.2) is 30.3 Å². The molecule has 2 atom stereocenters. The van der Waals surface area contributed by atoms with Crippen LogP contribution in [0.1, 0.15) is 32.3 Å². The fourth-order valence-corrected chi connectivity index (χ4v) is 4.42. The van der Waals surface area contributed by atoms with Crippen molar-refractivity contribution in [2.45, 2.75) is 45.3 Å². The fourth-order valence-electron chi connectivity index (χ4n) is 2.68. The number of unbranched alkanes of at least 4 members (excludes halogenated alkanes) is 1. The lowest BCUT2D eigenvalue weighted by Crippen LogP contribution is -2.50. The number of hydrogen-bond acceptors (Lipinski definition) is 3. The zero-order valence-corrected chi connectivity index (χ0v) is 13.7. The molecule has 1 saturated heterocycles. The molecule has 118 valence electrons. The molecular weight excluding hydrogens is 286 g/mol. The van der Waals surface area contributed by atoms with Crippen LogP contribution in [0.3, 0.4) is 0 Å². The molecule has 21 heavy (non-hydrogen) atoms. The molecule has 5 heteroatoms. The van der Waals surface area contributed by atoms with Gasteiger partial charge in [0.25, 0.3) is 0 Å². The van der Waals surface area contributed by atoms with Crippen molar-refractivity contribution in [1.29, 1.82) is 0 Å². The van der Waals surface area contributed by atoms with Gasteiger partial charge in [-0.3, -0.25) is 0 Å². The lowest BCUT2D eigenvalue weighted by atomic mass is 10.1. The van der Waals surface area contributed by atoms with E-state index in [0.29, 0.717) is 13.1 Å². The van der Waals surface area contributed by atoms with Crippen molar-refractivity contribution < 1.29 is 13.2 Å². The van der Waals surface area contributed by atoms with Gasteiger partial charge in [-0.15, -0.1) is 0 Å². The van der Waals surface area contributed by atoms with Gasteiger partial charge in [-0.1, -0.05) is 43.7 Å². The Hall–Kier alpha value is -0.910. The second-order valence-electron chi connectivity index (χ2n) is 5.74. The molecule has 2 rings (SSSR count). The molecule has 0 amide bonds. The number of sulfonamides is 1. The zero-order chi connectivity index (χ0) is 15.3. The molecule has 0 spiro atoms. The molecule has 1 fully saturated rings. The summed E-state index contributed by atoms with van der Waals surface area (Å²) in [5, 5.41) is 0. The van der Waals surface area contributed by atoms with E-state index in [4.69, 9.17) is 4.74 Å². The third-order valence-electron chi connectivity index (χ3n) is 3.75. The van der Waals surface area contributed by atoms with Crippen molar-refractivity contribution >= 4 is 10.0 Å². The topological polar surface area (TPSA) is 46.6 Å². The molecule has 0 N–H and O–H groups in total. The van der Waals surface area contributed by atoms with E-state index in [2.05, 4.69) is 12.1 Å². The Morgan fingerprint density at radius 3 is 2.62 bits per heavy atom. The Morgan fingerprint density at radius 2 is 1.95 bits per heavy atom. The van der Waals surface area contributed by atoms with Crippen LogP contribution in [-0.2, 0) is 21.2 Å². The first-order chi connectivity index (χ1) is 10.0. The summed E-state index contributed by atoms with van der Waals surface area (Å²) >= 11 is 0. The minimum absolute atomic E-state index is 0.0520. The average molecular weight is 311 g/mol. The minimum Gasteiger partial charge on any atom is -0.372 e. The third kappa shape index (κ3) is 4.80. The van der Waals surface area contributed by atoms with Gasteiger partial charge in [0, 0.05) is 13.1 Å². The Morgan fingerprint density at radius 1 is 1.24 bits per heavy atom. The number of benzene rings is 1. The first kappa shape index (κ1) is 16.5. The van der Waals surface area contributed by atoms with E-state index in [0.717, 1.165) is 19.3 Å². The minimum atomic E-state index is -3.15. The van der Waals surface area contributed by atoms with Crippen molar-refractivity contribution in [3.05, 3.63) is 35.9 Å². The second-order valence-corrected chi connectivity index (χ2v) is 7.83. The molecule has 2 unspecified atom stereocenters. The molecule has 4 nitrogen and oxygen atoms in total. The number of nitrogens with zero attached hydrogens (tertiary/aromatic N) is 1. The van der Waals surface area contributed by atoms with E-state index in [1.807, 2.05) is 32.0 Å². The van der Waals surface area contributed by atoms with Gasteiger partial charge in [0.05, 0.1) is 18.0 Å². The standard InChI is InChI=1S/C16H25NO3S/c1-3-4-10-21(18,19)17-12-14(2)20-16(13-17)11-15-8-6-5-7-9-15/h5-9,14,16H,3-4,10-13H2,1-2H3. The lowest BCUT2D eigenvalue weighted by molar-refractivity contribution is -0.0529. The van der Waals surface area contributed by atoms with Crippen LogP contribution in [0.5, 0.6) is 0 Å². The van der Waals surface area contributed by atoms with Gasteiger partial charge in [-0.2, -0.15) is 4.31 Å². The summed E-state index contributed by atoms with van der Waals surface area (Å²) in [6, 6.07) is 10.1. The summed E-state index contributed by atoms with van der Waals surface area (Å²) < 4.78 is 32.2. The molecule has 1 heterocycles. The Balaban J connectivity index is 2.02. The molecule has 1 aliphatic heterocycles. The number of hydrogen-bond donors (Lipinski definition) is 0. The van der Waals surface area contributed by atoms with Crippen molar-refractivity contribution in [2.24, 2.45) is 0 Å². The first-order valence-electron chi connectivity index (χ1n) is 7.68. The molecule has 1 aliphatic rings. The second kappa shape index (κ2) is 7.38. The van der Waals surface area contributed by atoms with Gasteiger partial charge < -0.3 is 4.74 Å². The molecule has 0 bridgehead atoms. The smallest absolute Gasteiger partial charge is 0.214 e. The predicted octanol–water partition coefficient (Wildman–Crippen LogP) is 2.45. The number of ether oxygens (including phenoxy) is 1. The SMILES string of the molecule is CCCCS(=O)(=O)N1CC(C)OC(Cc2ccccc2)C1. The highest BCUT2D eigenvalue weighted by Crippen LogP contribution is 2.19. The lowest BCUT2D eigenvalue weighted by Gasteiger charge is -2.36. The fraction of sp³-hybridized carbons (Fsp3) is 0.625. The number of morpholine rings is 1.